The van der Waals surface area contributed by atoms with Gasteiger partial charge in [0.25, 0.3) is 5.56 Å². The summed E-state index contributed by atoms with van der Waals surface area (Å²) in [4.78, 5) is 18.1. The zero-order valence-corrected chi connectivity index (χ0v) is 11.2. The summed E-state index contributed by atoms with van der Waals surface area (Å²) in [5.41, 5.74) is -0.252. The zero-order chi connectivity index (χ0) is 14.4. The molecule has 2 N–H and O–H groups in total. The van der Waals surface area contributed by atoms with Crippen LogP contribution in [0.5, 0.6) is 0 Å². The molecule has 1 saturated heterocycles. The average molecular weight is 281 g/mol. The van der Waals surface area contributed by atoms with Gasteiger partial charge in [-0.2, -0.15) is 0 Å². The molecule has 1 fully saturated rings. The second-order valence-corrected chi connectivity index (χ2v) is 5.28. The Morgan fingerprint density at radius 1 is 1.50 bits per heavy atom. The number of hydrogen-bond donors (Lipinski definition) is 2. The molecule has 20 heavy (non-hydrogen) atoms. The van der Waals surface area contributed by atoms with Crippen molar-refractivity contribution in [2.75, 3.05) is 6.61 Å². The number of nitrogens with zero attached hydrogens (tertiary/aromatic N) is 2. The number of aliphatic hydroxyl groups is 1. The number of halogens is 1. The third kappa shape index (κ3) is 1.77. The first kappa shape index (κ1) is 13.3. The molecule has 0 saturated carbocycles. The van der Waals surface area contributed by atoms with Gasteiger partial charge < -0.3 is 19.4 Å². The van der Waals surface area contributed by atoms with Gasteiger partial charge in [0.1, 0.15) is 11.6 Å². The summed E-state index contributed by atoms with van der Waals surface area (Å²) >= 11 is 0. The minimum atomic E-state index is -0.620. The highest BCUT2D eigenvalue weighted by molar-refractivity contribution is 5.75. The van der Waals surface area contributed by atoms with Gasteiger partial charge in [-0.05, 0) is 5.92 Å². The van der Waals surface area contributed by atoms with Crippen LogP contribution in [0, 0.1) is 17.7 Å². The first-order chi connectivity index (χ1) is 9.54. The van der Waals surface area contributed by atoms with E-state index in [-0.39, 0.29) is 35.6 Å². The van der Waals surface area contributed by atoms with E-state index >= 15 is 0 Å². The van der Waals surface area contributed by atoms with Gasteiger partial charge in [0.05, 0.1) is 19.0 Å². The number of hydrogen-bond acceptors (Lipinski definition) is 4. The van der Waals surface area contributed by atoms with Crippen LogP contribution in [0.25, 0.3) is 11.0 Å². The summed E-state index contributed by atoms with van der Waals surface area (Å²) in [6.07, 6.45) is 1.74. The van der Waals surface area contributed by atoms with Gasteiger partial charge in [-0.3, -0.25) is 4.79 Å². The van der Waals surface area contributed by atoms with E-state index in [0.717, 1.165) is 0 Å². The first-order valence-corrected chi connectivity index (χ1v) is 6.54. The lowest BCUT2D eigenvalue weighted by Gasteiger charge is -2.18. The number of aromatic nitrogens is 3. The summed E-state index contributed by atoms with van der Waals surface area (Å²) in [6, 6.07) is 0. The number of ether oxygens (including phenoxy) is 1. The maximum Gasteiger partial charge on any atom is 0.263 e. The molecular formula is C13H16FN3O3. The minimum absolute atomic E-state index is 0.0663. The molecule has 108 valence electrons. The number of fused-ring (bicyclic) bond motifs is 1. The van der Waals surface area contributed by atoms with Crippen LogP contribution in [0.2, 0.25) is 0 Å². The van der Waals surface area contributed by atoms with Crippen LogP contribution in [0.15, 0.2) is 17.3 Å². The fourth-order valence-corrected chi connectivity index (χ4v) is 2.80. The third-order valence-electron chi connectivity index (χ3n) is 4.20. The van der Waals surface area contributed by atoms with Crippen molar-refractivity contribution in [3.8, 4) is 0 Å². The van der Waals surface area contributed by atoms with E-state index in [1.54, 1.807) is 0 Å². The highest BCUT2D eigenvalue weighted by Crippen LogP contribution is 2.40. The second-order valence-electron chi connectivity index (χ2n) is 5.28. The predicted molar refractivity (Wildman–Crippen MR) is 69.6 cm³/mol. The molecule has 1 aliphatic rings. The number of nitrogens with one attached hydrogen (secondary N) is 1. The standard InChI is InChI=1S/C13H16FN3O3/c1-6-7(2)13(20-9(6)4-18)17-3-8(14)10-11(17)15-5-16-12(10)19/h3,5-7,9,13,18H,4H2,1-2H3,(H,15,16,19)/t6-,7+,9+,13+/m0/s1. The molecule has 0 radical (unpaired) electrons. The Balaban J connectivity index is 2.12. The largest absolute Gasteiger partial charge is 0.394 e. The molecule has 0 aliphatic carbocycles. The van der Waals surface area contributed by atoms with Crippen molar-refractivity contribution in [1.82, 2.24) is 14.5 Å². The second kappa shape index (κ2) is 4.68. The van der Waals surface area contributed by atoms with Crippen LogP contribution in [0.1, 0.15) is 20.1 Å². The van der Waals surface area contributed by atoms with Gasteiger partial charge in [0.15, 0.2) is 11.5 Å². The lowest BCUT2D eigenvalue weighted by molar-refractivity contribution is -0.0336. The lowest BCUT2D eigenvalue weighted by atomic mass is 9.93. The molecule has 2 aromatic rings. The molecule has 4 atom stereocenters. The molecule has 0 bridgehead atoms. The normalized spacial score (nSPS) is 30.2. The fourth-order valence-electron chi connectivity index (χ4n) is 2.80. The quantitative estimate of drug-likeness (QED) is 0.861. The Hall–Kier alpha value is -1.73. The van der Waals surface area contributed by atoms with Crippen molar-refractivity contribution in [1.29, 1.82) is 0 Å². The van der Waals surface area contributed by atoms with Crippen LogP contribution in [0.3, 0.4) is 0 Å². The van der Waals surface area contributed by atoms with E-state index in [1.807, 2.05) is 13.8 Å². The van der Waals surface area contributed by atoms with Gasteiger partial charge in [-0.25, -0.2) is 9.37 Å². The Morgan fingerprint density at radius 3 is 2.90 bits per heavy atom. The summed E-state index contributed by atoms with van der Waals surface area (Å²) < 4.78 is 21.3. The van der Waals surface area contributed by atoms with Gasteiger partial charge in [-0.1, -0.05) is 13.8 Å². The van der Waals surface area contributed by atoms with Gasteiger partial charge >= 0.3 is 0 Å². The smallest absolute Gasteiger partial charge is 0.263 e. The van der Waals surface area contributed by atoms with Gasteiger partial charge in [0, 0.05) is 12.1 Å². The van der Waals surface area contributed by atoms with Crippen molar-refractivity contribution in [2.24, 2.45) is 11.8 Å². The van der Waals surface area contributed by atoms with E-state index < -0.39 is 17.6 Å². The van der Waals surface area contributed by atoms with Crippen molar-refractivity contribution in [3.05, 3.63) is 28.7 Å². The molecule has 3 rings (SSSR count). The summed E-state index contributed by atoms with van der Waals surface area (Å²) in [7, 11) is 0. The van der Waals surface area contributed by atoms with Gasteiger partial charge in [-0.15, -0.1) is 0 Å². The van der Waals surface area contributed by atoms with E-state index in [4.69, 9.17) is 4.74 Å². The zero-order valence-electron chi connectivity index (χ0n) is 11.2. The fraction of sp³-hybridized carbons (Fsp3) is 0.538. The molecule has 0 unspecified atom stereocenters. The van der Waals surface area contributed by atoms with Crippen LogP contribution < -0.4 is 5.56 Å². The van der Waals surface area contributed by atoms with Crippen molar-refractivity contribution < 1.29 is 14.2 Å². The van der Waals surface area contributed by atoms with Crippen molar-refractivity contribution in [2.45, 2.75) is 26.2 Å². The summed E-state index contributed by atoms with van der Waals surface area (Å²) in [6.45, 7) is 3.87. The Morgan fingerprint density at radius 2 is 2.25 bits per heavy atom. The Labute approximate surface area is 114 Å². The topological polar surface area (TPSA) is 80.1 Å². The predicted octanol–water partition coefficient (Wildman–Crippen LogP) is 1.03. The van der Waals surface area contributed by atoms with Crippen molar-refractivity contribution in [3.63, 3.8) is 0 Å². The number of H-pyrrole nitrogens is 1. The summed E-state index contributed by atoms with van der Waals surface area (Å²) in [5.74, 6) is -0.416. The molecule has 0 amide bonds. The van der Waals surface area contributed by atoms with Crippen LogP contribution in [-0.2, 0) is 4.74 Å². The molecular weight excluding hydrogens is 265 g/mol. The number of rotatable bonds is 2. The minimum Gasteiger partial charge on any atom is -0.394 e. The van der Waals surface area contributed by atoms with Crippen molar-refractivity contribution >= 4 is 11.0 Å². The molecule has 3 heterocycles. The Kier molecular flexibility index (Phi) is 3.10. The van der Waals surface area contributed by atoms with E-state index in [2.05, 4.69) is 9.97 Å². The van der Waals surface area contributed by atoms with E-state index in [1.165, 1.54) is 17.1 Å². The maximum atomic E-state index is 13.9. The van der Waals surface area contributed by atoms with Crippen LogP contribution in [0.4, 0.5) is 4.39 Å². The average Bonchev–Trinajstić information content (AvgIpc) is 2.90. The number of aliphatic hydroxyl groups excluding tert-OH is 1. The Bertz CT molecular complexity index is 696. The van der Waals surface area contributed by atoms with Gasteiger partial charge in [0.2, 0.25) is 0 Å². The molecule has 2 aromatic heterocycles. The number of aromatic amines is 1. The van der Waals surface area contributed by atoms with Crippen LogP contribution >= 0.6 is 0 Å². The molecule has 6 nitrogen and oxygen atoms in total. The van der Waals surface area contributed by atoms with E-state index in [9.17, 15) is 14.3 Å². The first-order valence-electron chi connectivity index (χ1n) is 6.54. The summed E-state index contributed by atoms with van der Waals surface area (Å²) in [5, 5.41) is 9.24. The monoisotopic (exact) mass is 281 g/mol. The molecule has 1 aliphatic heterocycles. The van der Waals surface area contributed by atoms with E-state index in [0.29, 0.717) is 0 Å². The van der Waals surface area contributed by atoms with Crippen LogP contribution in [-0.4, -0.2) is 32.4 Å². The SMILES string of the molecule is C[C@@H]1[C@H](C)[C@@H](CO)O[C@H]1n1cc(F)c2c(=O)[nH]cnc21. The highest BCUT2D eigenvalue weighted by Gasteiger charge is 2.40. The molecule has 7 heteroatoms. The lowest BCUT2D eigenvalue weighted by Crippen LogP contribution is -2.19. The highest BCUT2D eigenvalue weighted by atomic mass is 19.1. The maximum absolute atomic E-state index is 13.9. The molecule has 0 spiro atoms. The molecule has 0 aromatic carbocycles. The third-order valence-corrected chi connectivity index (χ3v) is 4.20.